The SMILES string of the molecule is CCOC(CC)C(=O)Cc1ccsc1. The van der Waals surface area contributed by atoms with Crippen LogP contribution in [0.1, 0.15) is 25.8 Å². The molecule has 0 spiro atoms. The number of hydrogen-bond donors (Lipinski definition) is 0. The number of rotatable bonds is 6. The lowest BCUT2D eigenvalue weighted by Crippen LogP contribution is -2.25. The third-order valence-electron chi connectivity index (χ3n) is 2.06. The standard InChI is InChI=1S/C11H16O2S/c1-3-11(13-4-2)10(12)7-9-5-6-14-8-9/h5-6,8,11H,3-4,7H2,1-2H3. The van der Waals surface area contributed by atoms with Gasteiger partial charge in [0.25, 0.3) is 0 Å². The van der Waals surface area contributed by atoms with Gasteiger partial charge in [0.1, 0.15) is 6.10 Å². The quantitative estimate of drug-likeness (QED) is 0.724. The molecule has 0 amide bonds. The van der Waals surface area contributed by atoms with E-state index in [0.29, 0.717) is 13.0 Å². The van der Waals surface area contributed by atoms with Crippen molar-refractivity contribution < 1.29 is 9.53 Å². The maximum Gasteiger partial charge on any atom is 0.165 e. The highest BCUT2D eigenvalue weighted by atomic mass is 32.1. The normalized spacial score (nSPS) is 12.7. The fourth-order valence-corrected chi connectivity index (χ4v) is 2.02. The van der Waals surface area contributed by atoms with Crippen LogP contribution < -0.4 is 0 Å². The van der Waals surface area contributed by atoms with Crippen LogP contribution in [0, 0.1) is 0 Å². The fraction of sp³-hybridized carbons (Fsp3) is 0.545. The second-order valence-corrected chi connectivity index (χ2v) is 3.91. The average Bonchev–Trinajstić information content (AvgIpc) is 2.66. The van der Waals surface area contributed by atoms with Crippen molar-refractivity contribution in [3.63, 3.8) is 0 Å². The van der Waals surface area contributed by atoms with Crippen LogP contribution in [0.2, 0.25) is 0 Å². The van der Waals surface area contributed by atoms with Gasteiger partial charge in [-0.15, -0.1) is 0 Å². The molecular formula is C11H16O2S. The van der Waals surface area contributed by atoms with Crippen LogP contribution >= 0.6 is 11.3 Å². The van der Waals surface area contributed by atoms with Crippen molar-refractivity contribution >= 4 is 17.1 Å². The molecule has 0 aliphatic carbocycles. The molecule has 3 heteroatoms. The molecule has 1 aromatic rings. The summed E-state index contributed by atoms with van der Waals surface area (Å²) in [7, 11) is 0. The zero-order valence-corrected chi connectivity index (χ0v) is 9.47. The van der Waals surface area contributed by atoms with Crippen LogP contribution in [-0.2, 0) is 16.0 Å². The van der Waals surface area contributed by atoms with E-state index in [-0.39, 0.29) is 11.9 Å². The summed E-state index contributed by atoms with van der Waals surface area (Å²) in [4.78, 5) is 11.7. The highest BCUT2D eigenvalue weighted by molar-refractivity contribution is 7.07. The lowest BCUT2D eigenvalue weighted by atomic mass is 10.1. The Hall–Kier alpha value is -0.670. The highest BCUT2D eigenvalue weighted by Crippen LogP contribution is 2.10. The first-order chi connectivity index (χ1) is 6.77. The molecule has 0 saturated carbocycles. The molecule has 0 fully saturated rings. The Kier molecular flexibility index (Phi) is 4.84. The first-order valence-electron chi connectivity index (χ1n) is 4.93. The predicted molar refractivity (Wildman–Crippen MR) is 58.7 cm³/mol. The van der Waals surface area contributed by atoms with Crippen molar-refractivity contribution in [1.82, 2.24) is 0 Å². The van der Waals surface area contributed by atoms with Gasteiger partial charge in [-0.3, -0.25) is 4.79 Å². The zero-order valence-electron chi connectivity index (χ0n) is 8.66. The van der Waals surface area contributed by atoms with E-state index < -0.39 is 0 Å². The molecule has 0 bridgehead atoms. The molecule has 0 aromatic carbocycles. The summed E-state index contributed by atoms with van der Waals surface area (Å²) in [5, 5.41) is 4.00. The van der Waals surface area contributed by atoms with Crippen molar-refractivity contribution in [2.45, 2.75) is 32.8 Å². The molecule has 1 atom stereocenters. The van der Waals surface area contributed by atoms with E-state index in [4.69, 9.17) is 4.74 Å². The van der Waals surface area contributed by atoms with E-state index in [1.54, 1.807) is 11.3 Å². The highest BCUT2D eigenvalue weighted by Gasteiger charge is 2.16. The number of ether oxygens (including phenoxy) is 1. The lowest BCUT2D eigenvalue weighted by Gasteiger charge is -2.12. The third kappa shape index (κ3) is 3.24. The molecule has 0 saturated heterocycles. The molecule has 0 aliphatic rings. The van der Waals surface area contributed by atoms with Crippen molar-refractivity contribution in [3.05, 3.63) is 22.4 Å². The number of ketones is 1. The Morgan fingerprint density at radius 3 is 2.86 bits per heavy atom. The van der Waals surface area contributed by atoms with Crippen LogP contribution in [-0.4, -0.2) is 18.5 Å². The molecule has 14 heavy (non-hydrogen) atoms. The van der Waals surface area contributed by atoms with Gasteiger partial charge in [0.15, 0.2) is 5.78 Å². The van der Waals surface area contributed by atoms with Gasteiger partial charge >= 0.3 is 0 Å². The maximum absolute atomic E-state index is 11.7. The molecule has 0 N–H and O–H groups in total. The van der Waals surface area contributed by atoms with Crippen LogP contribution in [0.4, 0.5) is 0 Å². The number of Topliss-reactive ketones (excluding diaryl/α,β-unsaturated/α-hetero) is 1. The third-order valence-corrected chi connectivity index (χ3v) is 2.79. The second-order valence-electron chi connectivity index (χ2n) is 3.13. The van der Waals surface area contributed by atoms with Crippen LogP contribution in [0.5, 0.6) is 0 Å². The van der Waals surface area contributed by atoms with Gasteiger partial charge in [-0.1, -0.05) is 6.92 Å². The van der Waals surface area contributed by atoms with Gasteiger partial charge in [0.2, 0.25) is 0 Å². The lowest BCUT2D eigenvalue weighted by molar-refractivity contribution is -0.129. The van der Waals surface area contributed by atoms with E-state index in [1.165, 1.54) is 0 Å². The van der Waals surface area contributed by atoms with E-state index in [0.717, 1.165) is 12.0 Å². The predicted octanol–water partition coefficient (Wildman–Crippen LogP) is 2.67. The Labute approximate surface area is 88.9 Å². The molecule has 1 aromatic heterocycles. The number of carbonyl (C=O) groups excluding carboxylic acids is 1. The van der Waals surface area contributed by atoms with Crippen molar-refractivity contribution in [2.75, 3.05) is 6.61 Å². The Morgan fingerprint density at radius 1 is 1.57 bits per heavy atom. The molecule has 1 heterocycles. The summed E-state index contributed by atoms with van der Waals surface area (Å²) in [6, 6.07) is 1.99. The largest absolute Gasteiger partial charge is 0.371 e. The topological polar surface area (TPSA) is 26.3 Å². The van der Waals surface area contributed by atoms with Crippen molar-refractivity contribution in [2.24, 2.45) is 0 Å². The number of thiophene rings is 1. The summed E-state index contributed by atoms with van der Waals surface area (Å²) < 4.78 is 5.36. The van der Waals surface area contributed by atoms with Crippen molar-refractivity contribution in [1.29, 1.82) is 0 Å². The summed E-state index contributed by atoms with van der Waals surface area (Å²) in [6.45, 7) is 4.50. The van der Waals surface area contributed by atoms with Gasteiger partial charge in [0, 0.05) is 13.0 Å². The zero-order chi connectivity index (χ0) is 10.4. The van der Waals surface area contributed by atoms with Crippen LogP contribution in [0.15, 0.2) is 16.8 Å². The molecule has 0 aliphatic heterocycles. The molecular weight excluding hydrogens is 196 g/mol. The first-order valence-corrected chi connectivity index (χ1v) is 5.87. The Balaban J connectivity index is 2.47. The summed E-state index contributed by atoms with van der Waals surface area (Å²) in [6.07, 6.45) is 1.04. The molecule has 1 unspecified atom stereocenters. The molecule has 2 nitrogen and oxygen atoms in total. The average molecular weight is 212 g/mol. The molecule has 1 rings (SSSR count). The summed E-state index contributed by atoms with van der Waals surface area (Å²) in [5.41, 5.74) is 1.10. The van der Waals surface area contributed by atoms with Gasteiger partial charge < -0.3 is 4.74 Å². The van der Waals surface area contributed by atoms with Crippen LogP contribution in [0.3, 0.4) is 0 Å². The van der Waals surface area contributed by atoms with Gasteiger partial charge in [-0.25, -0.2) is 0 Å². The van der Waals surface area contributed by atoms with E-state index in [9.17, 15) is 4.79 Å². The first kappa shape index (κ1) is 11.4. The van der Waals surface area contributed by atoms with E-state index >= 15 is 0 Å². The fourth-order valence-electron chi connectivity index (χ4n) is 1.35. The number of carbonyl (C=O) groups is 1. The van der Waals surface area contributed by atoms with Gasteiger partial charge in [0.05, 0.1) is 0 Å². The Bertz CT molecular complexity index is 267. The minimum atomic E-state index is -0.222. The van der Waals surface area contributed by atoms with E-state index in [2.05, 4.69) is 0 Å². The minimum Gasteiger partial charge on any atom is -0.371 e. The number of hydrogen-bond acceptors (Lipinski definition) is 3. The van der Waals surface area contributed by atoms with Gasteiger partial charge in [-0.05, 0) is 35.7 Å². The molecule has 78 valence electrons. The summed E-state index contributed by atoms with van der Waals surface area (Å²) in [5.74, 6) is 0.188. The molecule has 0 radical (unpaired) electrons. The maximum atomic E-state index is 11.7. The monoisotopic (exact) mass is 212 g/mol. The van der Waals surface area contributed by atoms with Crippen LogP contribution in [0.25, 0.3) is 0 Å². The van der Waals surface area contributed by atoms with Gasteiger partial charge in [-0.2, -0.15) is 11.3 Å². The minimum absolute atomic E-state index is 0.188. The Morgan fingerprint density at radius 2 is 2.36 bits per heavy atom. The van der Waals surface area contributed by atoms with E-state index in [1.807, 2.05) is 30.7 Å². The van der Waals surface area contributed by atoms with Crippen molar-refractivity contribution in [3.8, 4) is 0 Å². The second kappa shape index (κ2) is 5.94. The summed E-state index contributed by atoms with van der Waals surface area (Å²) >= 11 is 1.62. The smallest absolute Gasteiger partial charge is 0.165 e.